The SMILES string of the molecule is CN(C)CC(=O)NCc1cc(N(C)C)c2c(c1O)C(O)=C1C(=O)C3(O)C(O)=C(C(N)=O)C(=O)C(N(C)C)C3CC1C2. The summed E-state index contributed by atoms with van der Waals surface area (Å²) in [5, 5.41) is 48.3. The average Bonchev–Trinajstić information content (AvgIpc) is 2.84. The number of Topliss-reactive ketones (excluding diaryl/α,β-unsaturated/α-hetero) is 2. The predicted octanol–water partition coefficient (Wildman–Crippen LogP) is -0.792. The lowest BCUT2D eigenvalue weighted by molar-refractivity contribution is -0.153. The molecule has 0 bridgehead atoms. The maximum Gasteiger partial charge on any atom is 0.255 e. The first-order valence-electron chi connectivity index (χ1n) is 13.1. The molecule has 0 saturated heterocycles. The molecule has 0 aliphatic heterocycles. The number of benzene rings is 1. The van der Waals surface area contributed by atoms with E-state index in [0.29, 0.717) is 16.8 Å². The number of rotatable bonds is 7. The van der Waals surface area contributed by atoms with Crippen molar-refractivity contribution in [3.8, 4) is 5.75 Å². The van der Waals surface area contributed by atoms with Crippen molar-refractivity contribution in [1.82, 2.24) is 15.1 Å². The molecule has 13 heteroatoms. The largest absolute Gasteiger partial charge is 0.508 e. The van der Waals surface area contributed by atoms with Crippen molar-refractivity contribution in [2.75, 3.05) is 53.7 Å². The number of aliphatic hydroxyl groups excluding tert-OH is 2. The van der Waals surface area contributed by atoms with Gasteiger partial charge in [-0.05, 0) is 58.6 Å². The monoisotopic (exact) mass is 571 g/mol. The van der Waals surface area contributed by atoms with Gasteiger partial charge >= 0.3 is 0 Å². The Morgan fingerprint density at radius 1 is 1.10 bits per heavy atom. The molecule has 3 aliphatic rings. The summed E-state index contributed by atoms with van der Waals surface area (Å²) in [4.78, 5) is 56.6. The predicted molar refractivity (Wildman–Crippen MR) is 149 cm³/mol. The van der Waals surface area contributed by atoms with Gasteiger partial charge in [0.25, 0.3) is 5.91 Å². The van der Waals surface area contributed by atoms with Crippen LogP contribution in [0.1, 0.15) is 23.1 Å². The number of likely N-dealkylation sites (N-methyl/N-ethyl adjacent to an activating group) is 2. The summed E-state index contributed by atoms with van der Waals surface area (Å²) >= 11 is 0. The molecule has 4 unspecified atom stereocenters. The van der Waals surface area contributed by atoms with Crippen LogP contribution in [-0.4, -0.2) is 114 Å². The van der Waals surface area contributed by atoms with E-state index in [4.69, 9.17) is 5.73 Å². The Hall–Kier alpha value is -3.94. The van der Waals surface area contributed by atoms with Crippen LogP contribution in [0.25, 0.3) is 5.76 Å². The number of primary amides is 1. The molecule has 1 aromatic rings. The molecule has 3 aliphatic carbocycles. The minimum Gasteiger partial charge on any atom is -0.508 e. The van der Waals surface area contributed by atoms with Gasteiger partial charge in [0.15, 0.2) is 11.4 Å². The number of aromatic hydroxyl groups is 1. The highest BCUT2D eigenvalue weighted by Crippen LogP contribution is 2.54. The number of hydrogen-bond donors (Lipinski definition) is 6. The van der Waals surface area contributed by atoms with Crippen LogP contribution in [0.15, 0.2) is 23.0 Å². The van der Waals surface area contributed by atoms with Crippen LogP contribution in [-0.2, 0) is 32.1 Å². The maximum absolute atomic E-state index is 14.0. The molecule has 1 saturated carbocycles. The number of phenolic OH excluding ortho intramolecular Hbond substituents is 1. The van der Waals surface area contributed by atoms with Crippen molar-refractivity contribution < 1.29 is 39.6 Å². The molecular formula is C28H37N5O8. The van der Waals surface area contributed by atoms with Gasteiger partial charge in [-0.1, -0.05) is 0 Å². The minimum atomic E-state index is -2.71. The van der Waals surface area contributed by atoms with Gasteiger partial charge in [0.2, 0.25) is 11.7 Å². The van der Waals surface area contributed by atoms with Gasteiger partial charge in [0, 0.05) is 43.4 Å². The number of nitrogens with zero attached hydrogens (tertiary/aromatic N) is 3. The summed E-state index contributed by atoms with van der Waals surface area (Å²) < 4.78 is 0. The van der Waals surface area contributed by atoms with E-state index in [1.807, 2.05) is 0 Å². The molecule has 222 valence electrons. The fraction of sp³-hybridized carbons (Fsp3) is 0.500. The molecule has 0 heterocycles. The van der Waals surface area contributed by atoms with E-state index < -0.39 is 58.0 Å². The normalized spacial score (nSPS) is 25.7. The van der Waals surface area contributed by atoms with Crippen LogP contribution in [0.3, 0.4) is 0 Å². The number of carbonyl (C=O) groups excluding carboxylic acids is 4. The van der Waals surface area contributed by atoms with Gasteiger partial charge in [-0.2, -0.15) is 0 Å². The zero-order valence-electron chi connectivity index (χ0n) is 24.0. The first-order chi connectivity index (χ1) is 19.0. The lowest BCUT2D eigenvalue weighted by Crippen LogP contribution is -2.65. The summed E-state index contributed by atoms with van der Waals surface area (Å²) in [6, 6.07) is 0.548. The van der Waals surface area contributed by atoms with E-state index in [9.17, 15) is 39.6 Å². The molecule has 0 spiro atoms. The number of phenols is 1. The average molecular weight is 572 g/mol. The number of nitrogens with two attached hydrogens (primary N) is 1. The first-order valence-corrected chi connectivity index (χ1v) is 13.1. The Bertz CT molecular complexity index is 1410. The topological polar surface area (TPSA) is 197 Å². The summed E-state index contributed by atoms with van der Waals surface area (Å²) in [5.41, 5.74) is 3.01. The van der Waals surface area contributed by atoms with Crippen molar-refractivity contribution in [3.05, 3.63) is 39.7 Å². The Morgan fingerprint density at radius 2 is 1.73 bits per heavy atom. The molecule has 0 aromatic heterocycles. The molecule has 2 amide bonds. The summed E-state index contributed by atoms with van der Waals surface area (Å²) in [6.45, 7) is 0.0645. The van der Waals surface area contributed by atoms with Gasteiger partial charge in [-0.3, -0.25) is 24.1 Å². The minimum absolute atomic E-state index is 0.00172. The van der Waals surface area contributed by atoms with E-state index in [-0.39, 0.29) is 48.7 Å². The Morgan fingerprint density at radius 3 is 2.27 bits per heavy atom. The zero-order valence-corrected chi connectivity index (χ0v) is 24.0. The van der Waals surface area contributed by atoms with Crippen LogP contribution in [0.2, 0.25) is 0 Å². The number of aliphatic hydroxyl groups is 3. The van der Waals surface area contributed by atoms with E-state index in [0.717, 1.165) is 0 Å². The molecule has 4 atom stereocenters. The number of hydrogen-bond acceptors (Lipinski definition) is 11. The number of nitrogens with one attached hydrogen (secondary N) is 1. The number of carbonyl (C=O) groups is 4. The molecule has 1 aromatic carbocycles. The van der Waals surface area contributed by atoms with Crippen LogP contribution >= 0.6 is 0 Å². The second kappa shape index (κ2) is 10.5. The number of anilines is 1. The van der Waals surface area contributed by atoms with Crippen molar-refractivity contribution in [3.63, 3.8) is 0 Å². The van der Waals surface area contributed by atoms with Crippen molar-refractivity contribution in [1.29, 1.82) is 0 Å². The molecule has 41 heavy (non-hydrogen) atoms. The Labute approximate surface area is 237 Å². The van der Waals surface area contributed by atoms with Gasteiger partial charge in [-0.15, -0.1) is 0 Å². The summed E-state index contributed by atoms with van der Waals surface area (Å²) in [6.07, 6.45) is 0.171. The fourth-order valence-corrected chi connectivity index (χ4v) is 6.42. The highest BCUT2D eigenvalue weighted by Gasteiger charge is 2.64. The van der Waals surface area contributed by atoms with E-state index in [1.165, 1.54) is 4.90 Å². The van der Waals surface area contributed by atoms with Gasteiger partial charge in [-0.25, -0.2) is 0 Å². The second-order valence-electron chi connectivity index (χ2n) is 11.6. The summed E-state index contributed by atoms with van der Waals surface area (Å²) in [7, 11) is 10.1. The van der Waals surface area contributed by atoms with Crippen molar-refractivity contribution in [2.24, 2.45) is 17.6 Å². The standard InChI is InChI=1S/C28H37N5O8/c1-31(2)11-17(34)30-10-13-9-16(32(3)4)14-7-12-8-15-21(33(5)6)24(37)20(27(29)40)26(39)28(15,41)25(38)18(12)23(36)19(14)22(13)35/h9,12,15,21,35-36,39,41H,7-8,10-11H2,1-6H3,(H2,29,40)(H,30,34). The van der Waals surface area contributed by atoms with Crippen LogP contribution in [0, 0.1) is 11.8 Å². The number of fused-ring (bicyclic) bond motifs is 3. The number of amides is 2. The van der Waals surface area contributed by atoms with E-state index in [2.05, 4.69) is 5.32 Å². The Balaban J connectivity index is 1.90. The molecule has 4 rings (SSSR count). The maximum atomic E-state index is 14.0. The van der Waals surface area contributed by atoms with Crippen molar-refractivity contribution in [2.45, 2.75) is 31.0 Å². The zero-order chi connectivity index (χ0) is 30.7. The lowest BCUT2D eigenvalue weighted by Gasteiger charge is -2.50. The van der Waals surface area contributed by atoms with E-state index >= 15 is 0 Å². The van der Waals surface area contributed by atoms with Crippen LogP contribution in [0.4, 0.5) is 5.69 Å². The highest BCUT2D eigenvalue weighted by molar-refractivity contribution is 6.24. The summed E-state index contributed by atoms with van der Waals surface area (Å²) in [5.74, 6) is -7.34. The van der Waals surface area contributed by atoms with Crippen LogP contribution in [0.5, 0.6) is 5.75 Å². The smallest absolute Gasteiger partial charge is 0.255 e. The third kappa shape index (κ3) is 4.63. The van der Waals surface area contributed by atoms with Crippen molar-refractivity contribution >= 4 is 34.8 Å². The first kappa shape index (κ1) is 30.0. The third-order valence-electron chi connectivity index (χ3n) is 8.19. The second-order valence-corrected chi connectivity index (χ2v) is 11.6. The molecule has 1 fully saturated rings. The quantitative estimate of drug-likeness (QED) is 0.224. The fourth-order valence-electron chi connectivity index (χ4n) is 6.42. The van der Waals surface area contributed by atoms with Gasteiger partial charge in [0.1, 0.15) is 22.8 Å². The molecular weight excluding hydrogens is 534 g/mol. The third-order valence-corrected chi connectivity index (χ3v) is 8.19. The van der Waals surface area contributed by atoms with Gasteiger partial charge < -0.3 is 41.3 Å². The Kier molecular flexibility index (Phi) is 7.67. The molecule has 13 nitrogen and oxygen atoms in total. The molecule has 0 radical (unpaired) electrons. The van der Waals surface area contributed by atoms with Gasteiger partial charge in [0.05, 0.1) is 18.2 Å². The highest BCUT2D eigenvalue weighted by atomic mass is 16.3. The number of ketones is 2. The van der Waals surface area contributed by atoms with Crippen LogP contribution < -0.4 is 16.0 Å². The van der Waals surface area contributed by atoms with E-state index in [1.54, 1.807) is 58.2 Å². The molecule has 7 N–H and O–H groups in total. The lowest BCUT2D eigenvalue weighted by atomic mass is 9.57.